The van der Waals surface area contributed by atoms with E-state index in [1.165, 1.54) is 95.5 Å². The molecule has 0 bridgehead atoms. The van der Waals surface area contributed by atoms with Crippen LogP contribution in [0.5, 0.6) is 5.75 Å². The van der Waals surface area contributed by atoms with Crippen molar-refractivity contribution in [3.05, 3.63) is 29.8 Å². The number of benzene rings is 1. The van der Waals surface area contributed by atoms with Crippen molar-refractivity contribution in [1.29, 1.82) is 0 Å². The Kier molecular flexibility index (Phi) is 23.0. The molecule has 0 amide bonds. The zero-order chi connectivity index (χ0) is 23.7. The monoisotopic (exact) mass is 448 g/mol. The number of rotatable bonds is 19. The molecule has 0 heterocycles. The molecule has 0 radical (unpaired) electrons. The van der Waals surface area contributed by atoms with Gasteiger partial charge in [-0.1, -0.05) is 128 Å². The van der Waals surface area contributed by atoms with E-state index in [-0.39, 0.29) is 5.97 Å². The number of ether oxygens (including phenoxy) is 1. The van der Waals surface area contributed by atoms with Crippen LogP contribution in [0.2, 0.25) is 0 Å². The highest BCUT2D eigenvalue weighted by Gasteiger charge is 2.01. The van der Waals surface area contributed by atoms with Gasteiger partial charge in [0.2, 0.25) is 0 Å². The summed E-state index contributed by atoms with van der Waals surface area (Å²) in [5.41, 5.74) is 1.17. The third-order valence-electron chi connectivity index (χ3n) is 5.78. The van der Waals surface area contributed by atoms with Gasteiger partial charge in [-0.15, -0.1) is 0 Å². The Morgan fingerprint density at radius 3 is 1.47 bits per heavy atom. The van der Waals surface area contributed by atoms with E-state index in [9.17, 15) is 4.79 Å². The first-order valence-electron chi connectivity index (χ1n) is 13.5. The van der Waals surface area contributed by atoms with E-state index in [1.807, 2.05) is 19.1 Å². The lowest BCUT2D eigenvalue weighted by molar-refractivity contribution is -0.143. The van der Waals surface area contributed by atoms with Gasteiger partial charge < -0.3 is 9.84 Å². The van der Waals surface area contributed by atoms with E-state index in [1.54, 1.807) is 12.1 Å². The topological polar surface area (TPSA) is 46.5 Å². The first kappa shape index (κ1) is 30.5. The summed E-state index contributed by atoms with van der Waals surface area (Å²) in [5.74, 6) is 0.328. The zero-order valence-corrected chi connectivity index (χ0v) is 21.5. The predicted octanol–water partition coefficient (Wildman–Crippen LogP) is 9.29. The molecule has 0 aromatic heterocycles. The maximum Gasteiger partial charge on any atom is 0.305 e. The maximum atomic E-state index is 11.4. The van der Waals surface area contributed by atoms with Crippen LogP contribution in [0.3, 0.4) is 0 Å². The Bertz CT molecular complexity index is 489. The van der Waals surface area contributed by atoms with Gasteiger partial charge in [-0.25, -0.2) is 0 Å². The van der Waals surface area contributed by atoms with Crippen molar-refractivity contribution in [2.75, 3.05) is 6.61 Å². The Morgan fingerprint density at radius 2 is 1.06 bits per heavy atom. The summed E-state index contributed by atoms with van der Waals surface area (Å²) >= 11 is 0. The molecule has 0 spiro atoms. The standard InChI is InChI=1S/C22H44O2.C7H8O/c1-3-5-7-8-9-10-11-12-13-14-15-16-17-18-19-20-22(23)24-21-6-4-2;1-6-2-4-7(8)5-3-6/h3-21H2,1-2H3;2-5,8H,1H3. The van der Waals surface area contributed by atoms with Crippen LogP contribution in [0.15, 0.2) is 24.3 Å². The van der Waals surface area contributed by atoms with Gasteiger partial charge in [0.25, 0.3) is 0 Å². The maximum absolute atomic E-state index is 11.4. The lowest BCUT2D eigenvalue weighted by atomic mass is 10.0. The van der Waals surface area contributed by atoms with Gasteiger partial charge in [-0.05, 0) is 31.9 Å². The first-order chi connectivity index (χ1) is 15.6. The third kappa shape index (κ3) is 23.2. The number of aromatic hydroxyl groups is 1. The predicted molar refractivity (Wildman–Crippen MR) is 138 cm³/mol. The molecule has 32 heavy (non-hydrogen) atoms. The number of phenolic OH excluding ortho intramolecular Hbond substituents is 1. The summed E-state index contributed by atoms with van der Waals surface area (Å²) in [4.78, 5) is 11.4. The highest BCUT2D eigenvalue weighted by Crippen LogP contribution is 2.14. The Labute approximate surface area is 199 Å². The van der Waals surface area contributed by atoms with Crippen LogP contribution in [0.4, 0.5) is 0 Å². The number of unbranched alkanes of at least 4 members (excludes halogenated alkanes) is 15. The first-order valence-corrected chi connectivity index (χ1v) is 13.5. The van der Waals surface area contributed by atoms with Crippen LogP contribution in [0, 0.1) is 6.92 Å². The molecule has 1 N–H and O–H groups in total. The quantitative estimate of drug-likeness (QED) is 0.169. The molecule has 1 aromatic carbocycles. The van der Waals surface area contributed by atoms with Gasteiger partial charge in [-0.2, -0.15) is 0 Å². The molecular formula is C29H52O3. The van der Waals surface area contributed by atoms with Crippen LogP contribution < -0.4 is 0 Å². The zero-order valence-electron chi connectivity index (χ0n) is 21.5. The number of carbonyl (C=O) groups is 1. The number of hydrogen-bond acceptors (Lipinski definition) is 3. The van der Waals surface area contributed by atoms with E-state index in [2.05, 4.69) is 13.8 Å². The summed E-state index contributed by atoms with van der Waals surface area (Å²) in [7, 11) is 0. The highest BCUT2D eigenvalue weighted by atomic mass is 16.5. The van der Waals surface area contributed by atoms with Crippen molar-refractivity contribution in [3.63, 3.8) is 0 Å². The molecule has 0 saturated carbocycles. The highest BCUT2D eigenvalue weighted by molar-refractivity contribution is 5.69. The fourth-order valence-corrected chi connectivity index (χ4v) is 3.59. The van der Waals surface area contributed by atoms with Gasteiger partial charge in [0.05, 0.1) is 6.61 Å². The molecule has 1 aromatic rings. The Morgan fingerprint density at radius 1 is 0.656 bits per heavy atom. The SMILES string of the molecule is CCCCCCCCCCCCCCCCCC(=O)OCCCC.Cc1ccc(O)cc1. The van der Waals surface area contributed by atoms with E-state index in [0.717, 1.165) is 19.3 Å². The third-order valence-corrected chi connectivity index (χ3v) is 5.78. The second-order valence-electron chi connectivity index (χ2n) is 9.11. The number of hydrogen-bond donors (Lipinski definition) is 1. The molecule has 0 unspecified atom stereocenters. The van der Waals surface area contributed by atoms with Crippen LogP contribution in [-0.2, 0) is 9.53 Å². The minimum absolute atomic E-state index is 0.00172. The summed E-state index contributed by atoms with van der Waals surface area (Å²) in [5, 5.41) is 8.76. The molecule has 0 aliphatic carbocycles. The van der Waals surface area contributed by atoms with Gasteiger partial charge in [0.15, 0.2) is 0 Å². The lowest BCUT2D eigenvalue weighted by Crippen LogP contribution is -2.05. The van der Waals surface area contributed by atoms with Crippen LogP contribution in [0.25, 0.3) is 0 Å². The summed E-state index contributed by atoms with van der Waals surface area (Å²) in [6, 6.07) is 7.09. The largest absolute Gasteiger partial charge is 0.508 e. The number of carbonyl (C=O) groups excluding carboxylic acids is 1. The Hall–Kier alpha value is -1.51. The lowest BCUT2D eigenvalue weighted by Gasteiger charge is -2.04. The van der Waals surface area contributed by atoms with Gasteiger partial charge >= 0.3 is 5.97 Å². The molecule has 0 aliphatic heterocycles. The van der Waals surface area contributed by atoms with Crippen molar-refractivity contribution in [2.45, 2.75) is 136 Å². The molecule has 0 fully saturated rings. The number of aryl methyl sites for hydroxylation is 1. The fraction of sp³-hybridized carbons (Fsp3) is 0.759. The van der Waals surface area contributed by atoms with Crippen LogP contribution >= 0.6 is 0 Å². The molecule has 3 heteroatoms. The van der Waals surface area contributed by atoms with Gasteiger partial charge in [0, 0.05) is 6.42 Å². The van der Waals surface area contributed by atoms with Crippen molar-refractivity contribution in [1.82, 2.24) is 0 Å². The molecule has 0 atom stereocenters. The van der Waals surface area contributed by atoms with E-state index >= 15 is 0 Å². The molecule has 186 valence electrons. The Balaban J connectivity index is 0.000000995. The molecule has 3 nitrogen and oxygen atoms in total. The average molecular weight is 449 g/mol. The van der Waals surface area contributed by atoms with Crippen molar-refractivity contribution >= 4 is 5.97 Å². The molecule has 0 aliphatic rings. The second-order valence-corrected chi connectivity index (χ2v) is 9.11. The molecule has 0 saturated heterocycles. The molecular weight excluding hydrogens is 396 g/mol. The van der Waals surface area contributed by atoms with Crippen molar-refractivity contribution < 1.29 is 14.6 Å². The van der Waals surface area contributed by atoms with Crippen molar-refractivity contribution in [2.24, 2.45) is 0 Å². The normalized spacial score (nSPS) is 10.5. The van der Waals surface area contributed by atoms with Crippen molar-refractivity contribution in [3.8, 4) is 5.75 Å². The summed E-state index contributed by atoms with van der Waals surface area (Å²) in [6.07, 6.45) is 23.1. The average Bonchev–Trinajstić information content (AvgIpc) is 2.79. The van der Waals surface area contributed by atoms with Crippen LogP contribution in [0.1, 0.15) is 135 Å². The second kappa shape index (κ2) is 24.1. The van der Waals surface area contributed by atoms with E-state index in [4.69, 9.17) is 9.84 Å². The van der Waals surface area contributed by atoms with E-state index in [0.29, 0.717) is 18.8 Å². The molecule has 1 rings (SSSR count). The number of phenols is 1. The minimum Gasteiger partial charge on any atom is -0.508 e. The van der Waals surface area contributed by atoms with E-state index < -0.39 is 0 Å². The fourth-order valence-electron chi connectivity index (χ4n) is 3.59. The summed E-state index contributed by atoms with van der Waals surface area (Å²) in [6.45, 7) is 6.98. The van der Waals surface area contributed by atoms with Crippen LogP contribution in [-0.4, -0.2) is 17.7 Å². The summed E-state index contributed by atoms with van der Waals surface area (Å²) < 4.78 is 5.16. The smallest absolute Gasteiger partial charge is 0.305 e. The van der Waals surface area contributed by atoms with Gasteiger partial charge in [0.1, 0.15) is 5.75 Å². The minimum atomic E-state index is -0.00172. The number of esters is 1. The van der Waals surface area contributed by atoms with Gasteiger partial charge in [-0.3, -0.25) is 4.79 Å².